The number of carbonyl (C=O) groups is 2. The fourth-order valence-corrected chi connectivity index (χ4v) is 4.03. The summed E-state index contributed by atoms with van der Waals surface area (Å²) in [6, 6.07) is -0.203. The van der Waals surface area contributed by atoms with Crippen LogP contribution in [0.1, 0.15) is 27.2 Å². The number of carbonyl (C=O) groups excluding carboxylic acids is 2. The lowest BCUT2D eigenvalue weighted by Gasteiger charge is -2.47. The summed E-state index contributed by atoms with van der Waals surface area (Å²) in [7, 11) is 0.380. The molecule has 0 saturated carbocycles. The monoisotopic (exact) mass is 412 g/mol. The highest BCUT2D eigenvalue weighted by Crippen LogP contribution is 2.45. The summed E-state index contributed by atoms with van der Waals surface area (Å²) in [5, 5.41) is 0. The molecule has 8 heteroatoms. The second-order valence-electron chi connectivity index (χ2n) is 8.45. The van der Waals surface area contributed by atoms with Gasteiger partial charge in [-0.05, 0) is 24.9 Å². The first-order valence-electron chi connectivity index (χ1n) is 9.67. The lowest BCUT2D eigenvalue weighted by molar-refractivity contribution is -0.0120. The fourth-order valence-electron chi connectivity index (χ4n) is 3.42. The van der Waals surface area contributed by atoms with E-state index in [1.165, 1.54) is 6.08 Å². The van der Waals surface area contributed by atoms with E-state index in [0.717, 1.165) is 0 Å². The van der Waals surface area contributed by atoms with E-state index >= 15 is 0 Å². The zero-order valence-corrected chi connectivity index (χ0v) is 19.3. The normalized spacial score (nSPS) is 22.1. The zero-order chi connectivity index (χ0) is 21.5. The third kappa shape index (κ3) is 5.61. The molecule has 0 aromatic heterocycles. The first-order valence-corrected chi connectivity index (χ1v) is 12.5. The Bertz CT molecular complexity index is 575. The highest BCUT2D eigenvalue weighted by Gasteiger charge is 2.56. The maximum atomic E-state index is 12.9. The van der Waals surface area contributed by atoms with Crippen molar-refractivity contribution in [3.05, 3.63) is 25.3 Å². The molecule has 0 aromatic rings. The average molecular weight is 413 g/mol. The molecule has 1 heterocycles. The van der Waals surface area contributed by atoms with E-state index in [2.05, 4.69) is 47.0 Å². The summed E-state index contributed by atoms with van der Waals surface area (Å²) in [4.78, 5) is 28.5. The van der Waals surface area contributed by atoms with Gasteiger partial charge < -0.3 is 18.8 Å². The largest absolute Gasteiger partial charge is 0.445 e. The van der Waals surface area contributed by atoms with E-state index in [1.54, 1.807) is 22.9 Å². The molecule has 1 rings (SSSR count). The molecule has 0 unspecified atom stereocenters. The number of rotatable bonds is 8. The highest BCUT2D eigenvalue weighted by atomic mass is 28.3. The van der Waals surface area contributed by atoms with Gasteiger partial charge in [0.2, 0.25) is 0 Å². The molecule has 7 nitrogen and oxygen atoms in total. The van der Waals surface area contributed by atoms with Crippen LogP contribution in [0.25, 0.3) is 0 Å². The van der Waals surface area contributed by atoms with Crippen LogP contribution in [0.15, 0.2) is 25.3 Å². The zero-order valence-electron chi connectivity index (χ0n) is 18.2. The molecule has 1 aliphatic rings. The maximum absolute atomic E-state index is 12.9. The van der Waals surface area contributed by atoms with Crippen molar-refractivity contribution in [3.63, 3.8) is 0 Å². The van der Waals surface area contributed by atoms with Crippen LogP contribution in [-0.4, -0.2) is 76.0 Å². The van der Waals surface area contributed by atoms with Crippen LogP contribution in [0.3, 0.4) is 0 Å². The first kappa shape index (κ1) is 24.2. The van der Waals surface area contributed by atoms with Gasteiger partial charge >= 0.3 is 12.2 Å². The summed E-state index contributed by atoms with van der Waals surface area (Å²) < 4.78 is 16.7. The molecule has 0 aliphatic carbocycles. The quantitative estimate of drug-likeness (QED) is 0.451. The maximum Gasteiger partial charge on any atom is 0.410 e. The molecular formula is C20H36N2O5Si. The fraction of sp³-hybridized carbons (Fsp3) is 0.700. The van der Waals surface area contributed by atoms with Crippen molar-refractivity contribution < 1.29 is 23.5 Å². The minimum atomic E-state index is -1.31. The van der Waals surface area contributed by atoms with E-state index in [4.69, 9.17) is 13.9 Å². The van der Waals surface area contributed by atoms with Gasteiger partial charge in [-0.25, -0.2) is 9.59 Å². The Balaban J connectivity index is 3.21. The first-order chi connectivity index (χ1) is 13.0. The van der Waals surface area contributed by atoms with E-state index < -0.39 is 26.8 Å². The van der Waals surface area contributed by atoms with Gasteiger partial charge in [-0.3, -0.25) is 4.90 Å². The summed E-state index contributed by atoms with van der Waals surface area (Å²) in [6.45, 7) is 18.7. The molecule has 2 atom stereocenters. The highest BCUT2D eigenvalue weighted by molar-refractivity contribution is 6.48. The molecule has 1 fully saturated rings. The van der Waals surface area contributed by atoms with Crippen molar-refractivity contribution in [3.8, 4) is 0 Å². The molecule has 0 bridgehead atoms. The standard InChI is InChI=1S/C20H36N2O5Si/c1-9-11-25-17(23)21(6)16-13-20(19(3,4)5,15-27-28(7)8)22(14-16)18(24)26-12-10-2/h9-10,16,28H,1-2,11-15H2,3-8H3/t16-,20+/m0/s1. The number of likely N-dealkylation sites (N-methyl/N-ethyl adjacent to an activating group) is 1. The van der Waals surface area contributed by atoms with Crippen molar-refractivity contribution in [2.75, 3.05) is 33.4 Å². The lowest BCUT2D eigenvalue weighted by Crippen LogP contribution is -2.59. The lowest BCUT2D eigenvalue weighted by atomic mass is 9.72. The van der Waals surface area contributed by atoms with Crippen LogP contribution in [-0.2, 0) is 13.9 Å². The SMILES string of the molecule is C=CCOC(=O)N(C)[C@@H]1CN(C(=O)OCC=C)[C@](CO[SiH](C)C)(C(C)(C)C)C1. The van der Waals surface area contributed by atoms with Gasteiger partial charge in [0.1, 0.15) is 13.2 Å². The molecule has 28 heavy (non-hydrogen) atoms. The number of ether oxygens (including phenoxy) is 2. The molecule has 0 radical (unpaired) electrons. The van der Waals surface area contributed by atoms with Crippen LogP contribution in [0.2, 0.25) is 13.1 Å². The van der Waals surface area contributed by atoms with Gasteiger partial charge in [-0.2, -0.15) is 0 Å². The van der Waals surface area contributed by atoms with Crippen molar-refractivity contribution in [2.45, 2.75) is 51.9 Å². The molecule has 2 amide bonds. The smallest absolute Gasteiger partial charge is 0.410 e. The predicted octanol–water partition coefficient (Wildman–Crippen LogP) is 3.42. The number of hydrogen-bond acceptors (Lipinski definition) is 5. The van der Waals surface area contributed by atoms with Gasteiger partial charge in [-0.15, -0.1) is 0 Å². The minimum Gasteiger partial charge on any atom is -0.445 e. The van der Waals surface area contributed by atoms with Gasteiger partial charge in [0.15, 0.2) is 9.04 Å². The van der Waals surface area contributed by atoms with Crippen molar-refractivity contribution in [2.24, 2.45) is 5.41 Å². The van der Waals surface area contributed by atoms with Crippen molar-refractivity contribution in [1.29, 1.82) is 0 Å². The third-order valence-corrected chi connectivity index (χ3v) is 6.07. The average Bonchev–Trinajstić information content (AvgIpc) is 3.02. The molecule has 0 N–H and O–H groups in total. The summed E-state index contributed by atoms with van der Waals surface area (Å²) in [5.74, 6) is 0. The Kier molecular flexibility index (Phi) is 8.75. The number of hydrogen-bond donors (Lipinski definition) is 0. The second kappa shape index (κ2) is 10.1. The summed E-state index contributed by atoms with van der Waals surface area (Å²) in [6.07, 6.45) is 2.80. The van der Waals surface area contributed by atoms with E-state index in [1.807, 2.05) is 0 Å². The van der Waals surface area contributed by atoms with Gasteiger partial charge in [-0.1, -0.05) is 46.1 Å². The Hall–Kier alpha value is -1.80. The molecule has 1 aliphatic heterocycles. The number of likely N-dealkylation sites (tertiary alicyclic amines) is 1. The van der Waals surface area contributed by atoms with Crippen LogP contribution in [0, 0.1) is 5.41 Å². The Labute approximate surface area is 171 Å². The van der Waals surface area contributed by atoms with Gasteiger partial charge in [0.05, 0.1) is 18.2 Å². The van der Waals surface area contributed by atoms with Crippen molar-refractivity contribution in [1.82, 2.24) is 9.80 Å². The molecule has 0 aromatic carbocycles. The molecule has 1 saturated heterocycles. The summed E-state index contributed by atoms with van der Waals surface area (Å²) >= 11 is 0. The van der Waals surface area contributed by atoms with Gasteiger partial charge in [0.25, 0.3) is 0 Å². The second-order valence-corrected chi connectivity index (χ2v) is 10.9. The van der Waals surface area contributed by atoms with Crippen LogP contribution < -0.4 is 0 Å². The van der Waals surface area contributed by atoms with E-state index in [0.29, 0.717) is 19.6 Å². The Morgan fingerprint density at radius 3 is 2.29 bits per heavy atom. The molecular weight excluding hydrogens is 376 g/mol. The van der Waals surface area contributed by atoms with E-state index in [-0.39, 0.29) is 24.7 Å². The topological polar surface area (TPSA) is 68.3 Å². The van der Waals surface area contributed by atoms with Crippen molar-refractivity contribution >= 4 is 21.2 Å². The third-order valence-electron chi connectivity index (χ3n) is 5.24. The van der Waals surface area contributed by atoms with Gasteiger partial charge in [0, 0.05) is 13.6 Å². The minimum absolute atomic E-state index is 0.136. The Morgan fingerprint density at radius 2 is 1.79 bits per heavy atom. The van der Waals surface area contributed by atoms with Crippen LogP contribution >= 0.6 is 0 Å². The molecule has 160 valence electrons. The van der Waals surface area contributed by atoms with Crippen LogP contribution in [0.4, 0.5) is 9.59 Å². The van der Waals surface area contributed by atoms with Crippen LogP contribution in [0.5, 0.6) is 0 Å². The van der Waals surface area contributed by atoms with E-state index in [9.17, 15) is 9.59 Å². The Morgan fingerprint density at radius 1 is 1.21 bits per heavy atom. The predicted molar refractivity (Wildman–Crippen MR) is 113 cm³/mol. The number of amides is 2. The summed E-state index contributed by atoms with van der Waals surface area (Å²) in [5.41, 5.74) is -0.885. The molecule has 0 spiro atoms. The number of nitrogens with zero attached hydrogens (tertiary/aromatic N) is 2.